The fraction of sp³-hybridized carbons (Fsp3) is 0.0909. The van der Waals surface area contributed by atoms with Gasteiger partial charge in [0.2, 0.25) is 0 Å². The zero-order valence-corrected chi connectivity index (χ0v) is 16.5. The van der Waals surface area contributed by atoms with Crippen molar-refractivity contribution < 1.29 is 0 Å². The summed E-state index contributed by atoms with van der Waals surface area (Å²) in [6, 6.07) is 17.9. The number of halogens is 1. The van der Waals surface area contributed by atoms with Gasteiger partial charge >= 0.3 is 0 Å². The van der Waals surface area contributed by atoms with Gasteiger partial charge in [0.05, 0.1) is 10.4 Å². The molecule has 0 fully saturated rings. The molecule has 0 atom stereocenters. The molecule has 3 nitrogen and oxygen atoms in total. The van der Waals surface area contributed by atoms with Crippen LogP contribution in [0.2, 0.25) is 0 Å². The normalized spacial score (nSPS) is 11.9. The highest BCUT2D eigenvalue weighted by atomic mass is 35.5. The van der Waals surface area contributed by atoms with Crippen molar-refractivity contribution in [2.75, 3.05) is 0 Å². The highest BCUT2D eigenvalue weighted by Crippen LogP contribution is 2.35. The van der Waals surface area contributed by atoms with Crippen LogP contribution in [0.3, 0.4) is 0 Å². The highest BCUT2D eigenvalue weighted by molar-refractivity contribution is 7.19. The second kappa shape index (κ2) is 7.14. The smallest absolute Gasteiger partial charge is 0.260 e. The minimum atomic E-state index is -0.173. The number of aromatic nitrogens is 2. The molecule has 1 N–H and O–H groups in total. The van der Waals surface area contributed by atoms with Crippen LogP contribution in [0.15, 0.2) is 59.4 Å². The third-order valence-corrected chi connectivity index (χ3v) is 5.68. The van der Waals surface area contributed by atoms with Gasteiger partial charge in [0.25, 0.3) is 5.56 Å². The van der Waals surface area contributed by atoms with E-state index < -0.39 is 0 Å². The minimum absolute atomic E-state index is 0.173. The molecule has 0 saturated carbocycles. The molecule has 0 unspecified atom stereocenters. The molecular weight excluding hydrogens is 376 g/mol. The standard InChI is InChI=1S/C22H17ClN2OS/c1-13-8-10-15(11-9-13)12-17(23)20-24-21(26)19-18(14(2)27-22(19)25-20)16-6-4-3-5-7-16/h3-12H,1-2H3,(H,24,25,26)/b17-12-. The Morgan fingerprint density at radius 3 is 2.48 bits per heavy atom. The lowest BCUT2D eigenvalue weighted by Gasteiger charge is -2.03. The summed E-state index contributed by atoms with van der Waals surface area (Å²) in [5.74, 6) is 0.385. The molecule has 27 heavy (non-hydrogen) atoms. The number of nitrogens with zero attached hydrogens (tertiary/aromatic N) is 1. The monoisotopic (exact) mass is 392 g/mol. The van der Waals surface area contributed by atoms with Gasteiger partial charge in [0.15, 0.2) is 5.82 Å². The predicted octanol–water partition coefficient (Wildman–Crippen LogP) is 6.01. The molecule has 2 aromatic heterocycles. The molecule has 2 heterocycles. The maximum absolute atomic E-state index is 12.8. The first-order valence-electron chi connectivity index (χ1n) is 8.56. The maximum Gasteiger partial charge on any atom is 0.260 e. The number of H-pyrrole nitrogens is 1. The minimum Gasteiger partial charge on any atom is -0.305 e. The summed E-state index contributed by atoms with van der Waals surface area (Å²) in [4.78, 5) is 22.1. The molecule has 0 aliphatic heterocycles. The Hall–Kier alpha value is -2.69. The van der Waals surface area contributed by atoms with Crippen molar-refractivity contribution in [2.24, 2.45) is 0 Å². The van der Waals surface area contributed by atoms with Crippen molar-refractivity contribution >= 4 is 44.3 Å². The third kappa shape index (κ3) is 3.46. The Balaban J connectivity index is 1.84. The van der Waals surface area contributed by atoms with Crippen LogP contribution in [0.4, 0.5) is 0 Å². The zero-order valence-electron chi connectivity index (χ0n) is 14.9. The fourth-order valence-corrected chi connectivity index (χ4v) is 4.32. The summed E-state index contributed by atoms with van der Waals surface area (Å²) in [6.45, 7) is 4.04. The second-order valence-corrected chi connectivity index (χ2v) is 8.01. The molecule has 4 aromatic rings. The lowest BCUT2D eigenvalue weighted by atomic mass is 10.0. The molecule has 134 valence electrons. The lowest BCUT2D eigenvalue weighted by Crippen LogP contribution is -2.10. The van der Waals surface area contributed by atoms with Crippen molar-refractivity contribution in [3.05, 3.63) is 86.8 Å². The SMILES string of the molecule is Cc1ccc(/C=C(\Cl)c2nc3sc(C)c(-c4ccccc4)c3c(=O)[nH]2)cc1. The van der Waals surface area contributed by atoms with E-state index in [1.165, 1.54) is 16.9 Å². The summed E-state index contributed by atoms with van der Waals surface area (Å²) in [6.07, 6.45) is 1.81. The molecule has 2 aromatic carbocycles. The lowest BCUT2D eigenvalue weighted by molar-refractivity contribution is 1.14. The summed E-state index contributed by atoms with van der Waals surface area (Å²) >= 11 is 7.96. The first kappa shape index (κ1) is 17.7. The highest BCUT2D eigenvalue weighted by Gasteiger charge is 2.17. The van der Waals surface area contributed by atoms with Gasteiger partial charge in [0, 0.05) is 10.4 Å². The van der Waals surface area contributed by atoms with Gasteiger partial charge in [-0.3, -0.25) is 4.79 Å². The van der Waals surface area contributed by atoms with Crippen molar-refractivity contribution in [1.29, 1.82) is 0 Å². The summed E-state index contributed by atoms with van der Waals surface area (Å²) in [7, 11) is 0. The number of thiophene rings is 1. The van der Waals surface area contributed by atoms with Crippen LogP contribution in [0.1, 0.15) is 21.8 Å². The van der Waals surface area contributed by atoms with Gasteiger partial charge in [-0.1, -0.05) is 71.8 Å². The third-order valence-electron chi connectivity index (χ3n) is 4.40. The summed E-state index contributed by atoms with van der Waals surface area (Å²) in [5.41, 5.74) is 3.92. The van der Waals surface area contributed by atoms with E-state index in [2.05, 4.69) is 9.97 Å². The second-order valence-electron chi connectivity index (χ2n) is 6.40. The first-order chi connectivity index (χ1) is 13.0. The fourth-order valence-electron chi connectivity index (χ4n) is 3.06. The largest absolute Gasteiger partial charge is 0.305 e. The molecule has 0 saturated heterocycles. The average molecular weight is 393 g/mol. The van der Waals surface area contributed by atoms with Gasteiger partial charge in [0.1, 0.15) is 4.83 Å². The zero-order chi connectivity index (χ0) is 19.0. The van der Waals surface area contributed by atoms with Gasteiger partial charge in [-0.05, 0) is 31.1 Å². The number of hydrogen-bond donors (Lipinski definition) is 1. The Morgan fingerprint density at radius 2 is 1.78 bits per heavy atom. The van der Waals surface area contributed by atoms with Crippen molar-refractivity contribution in [2.45, 2.75) is 13.8 Å². The molecule has 0 bridgehead atoms. The van der Waals surface area contributed by atoms with Gasteiger partial charge in [-0.25, -0.2) is 4.98 Å². The Bertz CT molecular complexity index is 1210. The topological polar surface area (TPSA) is 45.8 Å². The van der Waals surface area contributed by atoms with E-state index in [-0.39, 0.29) is 5.56 Å². The van der Waals surface area contributed by atoms with E-state index in [0.29, 0.717) is 21.1 Å². The number of fused-ring (bicyclic) bond motifs is 1. The number of aryl methyl sites for hydroxylation is 2. The van der Waals surface area contributed by atoms with Crippen LogP contribution in [-0.2, 0) is 0 Å². The van der Waals surface area contributed by atoms with Crippen molar-refractivity contribution in [3.8, 4) is 11.1 Å². The number of rotatable bonds is 3. The molecule has 0 spiro atoms. The number of nitrogens with one attached hydrogen (secondary N) is 1. The Morgan fingerprint density at radius 1 is 1.07 bits per heavy atom. The predicted molar refractivity (Wildman–Crippen MR) is 115 cm³/mol. The first-order valence-corrected chi connectivity index (χ1v) is 9.75. The number of benzene rings is 2. The van der Waals surface area contributed by atoms with E-state index >= 15 is 0 Å². The molecular formula is C22H17ClN2OS. The van der Waals surface area contributed by atoms with E-state index in [4.69, 9.17) is 11.6 Å². The van der Waals surface area contributed by atoms with Crippen LogP contribution in [-0.4, -0.2) is 9.97 Å². The van der Waals surface area contributed by atoms with Crippen LogP contribution < -0.4 is 5.56 Å². The Labute approximate surface area is 166 Å². The van der Waals surface area contributed by atoms with E-state index in [1.807, 2.05) is 74.5 Å². The van der Waals surface area contributed by atoms with Crippen LogP contribution in [0.25, 0.3) is 32.5 Å². The summed E-state index contributed by atoms with van der Waals surface area (Å²) < 4.78 is 0. The quantitative estimate of drug-likeness (QED) is 0.464. The van der Waals surface area contributed by atoms with Gasteiger partial charge in [-0.2, -0.15) is 0 Å². The van der Waals surface area contributed by atoms with Crippen LogP contribution in [0, 0.1) is 13.8 Å². The van der Waals surface area contributed by atoms with E-state index in [1.54, 1.807) is 0 Å². The van der Waals surface area contributed by atoms with E-state index in [0.717, 1.165) is 21.6 Å². The van der Waals surface area contributed by atoms with Crippen LogP contribution >= 0.6 is 22.9 Å². The molecule has 0 radical (unpaired) electrons. The molecule has 5 heteroatoms. The number of aromatic amines is 1. The van der Waals surface area contributed by atoms with Gasteiger partial charge in [-0.15, -0.1) is 11.3 Å². The maximum atomic E-state index is 12.8. The molecule has 0 amide bonds. The van der Waals surface area contributed by atoms with E-state index in [9.17, 15) is 4.79 Å². The molecule has 0 aliphatic carbocycles. The number of hydrogen-bond acceptors (Lipinski definition) is 3. The molecule has 0 aliphatic rings. The molecule has 4 rings (SSSR count). The van der Waals surface area contributed by atoms with Crippen molar-refractivity contribution in [3.63, 3.8) is 0 Å². The summed E-state index contributed by atoms with van der Waals surface area (Å²) in [5, 5.41) is 1.03. The van der Waals surface area contributed by atoms with Gasteiger partial charge < -0.3 is 4.98 Å². The Kier molecular flexibility index (Phi) is 4.68. The van der Waals surface area contributed by atoms with Crippen molar-refractivity contribution in [1.82, 2.24) is 9.97 Å². The average Bonchev–Trinajstić information content (AvgIpc) is 3.00. The van der Waals surface area contributed by atoms with Crippen LogP contribution in [0.5, 0.6) is 0 Å².